The second-order valence-corrected chi connectivity index (χ2v) is 5.04. The molecule has 0 aliphatic carbocycles. The van der Waals surface area contributed by atoms with Crippen LogP contribution in [-0.4, -0.2) is 39.4 Å². The molecule has 1 aromatic heterocycles. The summed E-state index contributed by atoms with van der Waals surface area (Å²) in [6.45, 7) is 6.85. The maximum absolute atomic E-state index is 11.7. The fourth-order valence-electron chi connectivity index (χ4n) is 1.83. The van der Waals surface area contributed by atoms with Gasteiger partial charge in [0.1, 0.15) is 11.7 Å². The number of nitrogens with zero attached hydrogens (tertiary/aromatic N) is 2. The molecular weight excluding hydrogens is 262 g/mol. The lowest BCUT2D eigenvalue weighted by Gasteiger charge is -2.18. The number of carboxylic acids is 1. The van der Waals surface area contributed by atoms with Crippen LogP contribution in [0.25, 0.3) is 0 Å². The lowest BCUT2D eigenvalue weighted by atomic mass is 10.1. The smallest absolute Gasteiger partial charge is 0.326 e. The number of aryl methyl sites for hydroxylation is 2. The average molecular weight is 283 g/mol. The van der Waals surface area contributed by atoms with E-state index >= 15 is 0 Å². The third-order valence-corrected chi connectivity index (χ3v) is 3.04. The summed E-state index contributed by atoms with van der Waals surface area (Å²) in [7, 11) is 1.79. The van der Waals surface area contributed by atoms with Crippen LogP contribution in [0.3, 0.4) is 0 Å². The summed E-state index contributed by atoms with van der Waals surface area (Å²) in [4.78, 5) is 22.7. The average Bonchev–Trinajstić information content (AvgIpc) is 2.57. The highest BCUT2D eigenvalue weighted by molar-refractivity contribution is 5.84. The number of amides is 1. The first kappa shape index (κ1) is 16.0. The molecule has 1 heterocycles. The molecule has 0 fully saturated rings. The van der Waals surface area contributed by atoms with Crippen LogP contribution in [0, 0.1) is 19.8 Å². The van der Waals surface area contributed by atoms with Gasteiger partial charge in [-0.2, -0.15) is 5.10 Å². The van der Waals surface area contributed by atoms with Gasteiger partial charge >= 0.3 is 5.97 Å². The van der Waals surface area contributed by atoms with Gasteiger partial charge in [-0.3, -0.25) is 9.48 Å². The molecule has 0 saturated carbocycles. The van der Waals surface area contributed by atoms with E-state index in [4.69, 9.17) is 9.84 Å². The Morgan fingerprint density at radius 1 is 1.40 bits per heavy atom. The van der Waals surface area contributed by atoms with Crippen LogP contribution in [0.1, 0.15) is 25.2 Å². The van der Waals surface area contributed by atoms with Crippen LogP contribution in [0.5, 0.6) is 5.75 Å². The number of ether oxygens (including phenoxy) is 1. The van der Waals surface area contributed by atoms with Gasteiger partial charge in [-0.05, 0) is 19.8 Å². The van der Waals surface area contributed by atoms with Crippen LogP contribution in [0.4, 0.5) is 0 Å². The minimum Gasteiger partial charge on any atom is -0.480 e. The molecule has 1 amide bonds. The Morgan fingerprint density at radius 3 is 2.40 bits per heavy atom. The first-order valence-corrected chi connectivity index (χ1v) is 6.39. The maximum atomic E-state index is 11.7. The number of aliphatic carboxylic acids is 1. The predicted octanol–water partition coefficient (Wildman–Crippen LogP) is 0.641. The van der Waals surface area contributed by atoms with Gasteiger partial charge in [0.25, 0.3) is 5.91 Å². The van der Waals surface area contributed by atoms with E-state index in [0.29, 0.717) is 11.4 Å². The second kappa shape index (κ2) is 6.40. The van der Waals surface area contributed by atoms with E-state index in [2.05, 4.69) is 10.4 Å². The van der Waals surface area contributed by atoms with Gasteiger partial charge in [0, 0.05) is 7.05 Å². The first-order valence-electron chi connectivity index (χ1n) is 6.39. The van der Waals surface area contributed by atoms with Gasteiger partial charge in [-0.1, -0.05) is 13.8 Å². The lowest BCUT2D eigenvalue weighted by Crippen LogP contribution is -2.46. The number of hydrogen-bond acceptors (Lipinski definition) is 4. The normalized spacial score (nSPS) is 12.3. The molecule has 0 radical (unpaired) electrons. The van der Waals surface area contributed by atoms with E-state index in [-0.39, 0.29) is 12.5 Å². The molecule has 0 unspecified atom stereocenters. The Kier molecular flexibility index (Phi) is 5.12. The van der Waals surface area contributed by atoms with Crippen LogP contribution in [0.15, 0.2) is 0 Å². The van der Waals surface area contributed by atoms with E-state index < -0.39 is 17.9 Å². The highest BCUT2D eigenvalue weighted by Gasteiger charge is 2.23. The van der Waals surface area contributed by atoms with Crippen molar-refractivity contribution in [3.8, 4) is 5.75 Å². The van der Waals surface area contributed by atoms with Crippen LogP contribution in [0.2, 0.25) is 0 Å². The Labute approximate surface area is 117 Å². The Balaban J connectivity index is 2.61. The van der Waals surface area contributed by atoms with Crippen molar-refractivity contribution in [3.05, 3.63) is 11.4 Å². The number of nitrogens with one attached hydrogen (secondary N) is 1. The summed E-state index contributed by atoms with van der Waals surface area (Å²) in [5.74, 6) is -1.16. The maximum Gasteiger partial charge on any atom is 0.326 e. The fourth-order valence-corrected chi connectivity index (χ4v) is 1.83. The Hall–Kier alpha value is -2.05. The minimum absolute atomic E-state index is 0.196. The third kappa shape index (κ3) is 3.72. The van der Waals surface area contributed by atoms with Crippen molar-refractivity contribution in [2.24, 2.45) is 13.0 Å². The third-order valence-electron chi connectivity index (χ3n) is 3.04. The monoisotopic (exact) mass is 283 g/mol. The molecule has 0 aliphatic heterocycles. The van der Waals surface area contributed by atoms with Crippen molar-refractivity contribution in [2.75, 3.05) is 6.61 Å². The van der Waals surface area contributed by atoms with Crippen LogP contribution >= 0.6 is 0 Å². The zero-order valence-corrected chi connectivity index (χ0v) is 12.4. The molecule has 7 heteroatoms. The second-order valence-electron chi connectivity index (χ2n) is 5.04. The molecular formula is C13H21N3O4. The van der Waals surface area contributed by atoms with Gasteiger partial charge in [0.15, 0.2) is 12.4 Å². The largest absolute Gasteiger partial charge is 0.480 e. The zero-order chi connectivity index (χ0) is 15.4. The van der Waals surface area contributed by atoms with Crippen molar-refractivity contribution in [2.45, 2.75) is 33.7 Å². The van der Waals surface area contributed by atoms with Crippen molar-refractivity contribution in [1.29, 1.82) is 0 Å². The molecule has 1 rings (SSSR count). The molecule has 0 aromatic carbocycles. The molecule has 0 aliphatic rings. The quantitative estimate of drug-likeness (QED) is 0.799. The van der Waals surface area contributed by atoms with Gasteiger partial charge in [-0.15, -0.1) is 0 Å². The van der Waals surface area contributed by atoms with Gasteiger partial charge in [0.05, 0.1) is 5.69 Å². The Bertz CT molecular complexity index is 508. The predicted molar refractivity (Wildman–Crippen MR) is 72.6 cm³/mol. The summed E-state index contributed by atoms with van der Waals surface area (Å²) in [6.07, 6.45) is 0. The summed E-state index contributed by atoms with van der Waals surface area (Å²) in [5.41, 5.74) is 1.50. The van der Waals surface area contributed by atoms with Crippen LogP contribution < -0.4 is 10.1 Å². The van der Waals surface area contributed by atoms with Gasteiger partial charge in [0.2, 0.25) is 0 Å². The van der Waals surface area contributed by atoms with E-state index in [1.807, 2.05) is 6.92 Å². The topological polar surface area (TPSA) is 93.5 Å². The molecule has 7 nitrogen and oxygen atoms in total. The molecule has 20 heavy (non-hydrogen) atoms. The number of hydrogen-bond donors (Lipinski definition) is 2. The number of rotatable bonds is 6. The molecule has 2 N–H and O–H groups in total. The number of carbonyl (C=O) groups excluding carboxylic acids is 1. The van der Waals surface area contributed by atoms with Crippen molar-refractivity contribution in [3.63, 3.8) is 0 Å². The molecule has 0 spiro atoms. The standard InChI is InChI=1S/C13H21N3O4/c1-7(2)11(13(18)19)14-10(17)6-20-12-8(3)15-16(5)9(12)4/h7,11H,6H2,1-5H3,(H,14,17)(H,18,19)/t11-/m1/s1. The number of carbonyl (C=O) groups is 2. The first-order chi connectivity index (χ1) is 9.23. The van der Waals surface area contributed by atoms with Crippen LogP contribution in [-0.2, 0) is 16.6 Å². The molecule has 0 saturated heterocycles. The molecule has 112 valence electrons. The SMILES string of the molecule is Cc1nn(C)c(C)c1OCC(=O)N[C@@H](C(=O)O)C(C)C. The van der Waals surface area contributed by atoms with Crippen molar-refractivity contribution >= 4 is 11.9 Å². The zero-order valence-electron chi connectivity index (χ0n) is 12.4. The summed E-state index contributed by atoms with van der Waals surface area (Å²) < 4.78 is 7.09. The van der Waals surface area contributed by atoms with E-state index in [1.165, 1.54) is 0 Å². The number of carboxylic acid groups (broad SMARTS) is 1. The van der Waals surface area contributed by atoms with Gasteiger partial charge in [-0.25, -0.2) is 4.79 Å². The summed E-state index contributed by atoms with van der Waals surface area (Å²) in [5, 5.41) is 15.6. The number of aromatic nitrogens is 2. The van der Waals surface area contributed by atoms with Crippen molar-refractivity contribution in [1.82, 2.24) is 15.1 Å². The summed E-state index contributed by atoms with van der Waals surface area (Å²) in [6, 6.07) is -0.915. The van der Waals surface area contributed by atoms with E-state index in [1.54, 1.807) is 32.5 Å². The molecule has 0 bridgehead atoms. The summed E-state index contributed by atoms with van der Waals surface area (Å²) >= 11 is 0. The van der Waals surface area contributed by atoms with Gasteiger partial charge < -0.3 is 15.2 Å². The lowest BCUT2D eigenvalue weighted by molar-refractivity contribution is -0.143. The van der Waals surface area contributed by atoms with E-state index in [0.717, 1.165) is 5.69 Å². The fraction of sp³-hybridized carbons (Fsp3) is 0.615. The highest BCUT2D eigenvalue weighted by Crippen LogP contribution is 2.21. The molecule has 1 aromatic rings. The minimum atomic E-state index is -1.05. The van der Waals surface area contributed by atoms with E-state index in [9.17, 15) is 9.59 Å². The Morgan fingerprint density at radius 2 is 2.00 bits per heavy atom. The molecule has 1 atom stereocenters. The highest BCUT2D eigenvalue weighted by atomic mass is 16.5. The van der Waals surface area contributed by atoms with Crippen molar-refractivity contribution < 1.29 is 19.4 Å².